The van der Waals surface area contributed by atoms with Crippen LogP contribution < -0.4 is 0 Å². The van der Waals surface area contributed by atoms with Gasteiger partial charge in [0.25, 0.3) is 0 Å². The highest BCUT2D eigenvalue weighted by atomic mass is 19.1. The Bertz CT molecular complexity index is 299. The van der Waals surface area contributed by atoms with Gasteiger partial charge in [-0.15, -0.1) is 0 Å². The Kier molecular flexibility index (Phi) is 7.36. The van der Waals surface area contributed by atoms with E-state index in [4.69, 9.17) is 5.41 Å². The third-order valence-electron chi connectivity index (χ3n) is 1.79. The number of halogens is 1. The van der Waals surface area contributed by atoms with Gasteiger partial charge in [0, 0.05) is 6.21 Å². The summed E-state index contributed by atoms with van der Waals surface area (Å²) in [6, 6.07) is 0. The van der Waals surface area contributed by atoms with Crippen LogP contribution in [0.15, 0.2) is 0 Å². The fourth-order valence-electron chi connectivity index (χ4n) is 0.917. The van der Waals surface area contributed by atoms with E-state index in [9.17, 15) is 19.1 Å². The maximum atomic E-state index is 13.2. The molecular weight excluding hydrogens is 253 g/mol. The first-order valence-corrected chi connectivity index (χ1v) is 4.74. The van der Waals surface area contributed by atoms with Crippen molar-refractivity contribution in [2.24, 2.45) is 0 Å². The van der Waals surface area contributed by atoms with Crippen molar-refractivity contribution in [3.63, 3.8) is 0 Å². The largest absolute Gasteiger partial charge is 0.508 e. The Balaban J connectivity index is 4.49. The van der Waals surface area contributed by atoms with E-state index in [0.717, 1.165) is 14.2 Å². The first kappa shape index (κ1) is 16.1. The third-order valence-corrected chi connectivity index (χ3v) is 1.79. The third kappa shape index (κ3) is 5.43. The lowest BCUT2D eigenvalue weighted by atomic mass is 10.1. The smallest absolute Gasteiger partial charge is 0.438 e. The van der Waals surface area contributed by atoms with Crippen LogP contribution in [0.25, 0.3) is 0 Å². The number of carbonyl (C=O) groups is 2. The molecule has 0 rings (SSSR count). The van der Waals surface area contributed by atoms with Crippen LogP contribution in [0.2, 0.25) is 0 Å². The van der Waals surface area contributed by atoms with E-state index in [2.05, 4.69) is 18.9 Å². The van der Waals surface area contributed by atoms with Crippen LogP contribution in [0.1, 0.15) is 0 Å². The zero-order valence-corrected chi connectivity index (χ0v) is 9.79. The molecule has 9 heteroatoms. The van der Waals surface area contributed by atoms with E-state index in [-0.39, 0.29) is 0 Å². The van der Waals surface area contributed by atoms with Crippen molar-refractivity contribution < 1.29 is 38.0 Å². The SMILES string of the molecule is COC(=O)OC[C@@H](O)[C@@H](OC(=O)OC)[C@H](F)C=N. The summed E-state index contributed by atoms with van der Waals surface area (Å²) < 4.78 is 30.3. The number of nitrogens with one attached hydrogen (secondary N) is 1. The minimum atomic E-state index is -2.07. The molecule has 18 heavy (non-hydrogen) atoms. The van der Waals surface area contributed by atoms with Crippen molar-refractivity contribution >= 4 is 18.5 Å². The Morgan fingerprint density at radius 3 is 2.33 bits per heavy atom. The van der Waals surface area contributed by atoms with Crippen molar-refractivity contribution in [3.05, 3.63) is 0 Å². The highest BCUT2D eigenvalue weighted by Crippen LogP contribution is 2.10. The summed E-state index contributed by atoms with van der Waals surface area (Å²) in [6.45, 7) is -0.664. The second-order valence-electron chi connectivity index (χ2n) is 2.98. The van der Waals surface area contributed by atoms with E-state index < -0.39 is 37.3 Å². The number of hydrogen-bond acceptors (Lipinski definition) is 8. The summed E-state index contributed by atoms with van der Waals surface area (Å²) in [4.78, 5) is 21.4. The van der Waals surface area contributed by atoms with Gasteiger partial charge in [-0.05, 0) is 0 Å². The van der Waals surface area contributed by atoms with Crippen LogP contribution in [0.3, 0.4) is 0 Å². The average Bonchev–Trinajstić information content (AvgIpc) is 2.40. The van der Waals surface area contributed by atoms with Crippen molar-refractivity contribution in [2.45, 2.75) is 18.4 Å². The lowest BCUT2D eigenvalue weighted by Crippen LogP contribution is -2.42. The van der Waals surface area contributed by atoms with Crippen LogP contribution in [0.5, 0.6) is 0 Å². The molecular formula is C9H14FNO7. The molecule has 0 aromatic heterocycles. The van der Waals surface area contributed by atoms with Gasteiger partial charge >= 0.3 is 12.3 Å². The van der Waals surface area contributed by atoms with Gasteiger partial charge in [0.05, 0.1) is 14.2 Å². The van der Waals surface area contributed by atoms with Gasteiger partial charge in [-0.3, -0.25) is 0 Å². The number of alkyl halides is 1. The first-order valence-electron chi connectivity index (χ1n) is 4.74. The zero-order chi connectivity index (χ0) is 14.1. The second-order valence-corrected chi connectivity index (χ2v) is 2.98. The average molecular weight is 267 g/mol. The molecule has 0 aromatic rings. The van der Waals surface area contributed by atoms with E-state index in [1.165, 1.54) is 0 Å². The summed E-state index contributed by atoms with van der Waals surface area (Å²) in [7, 11) is 2.04. The zero-order valence-electron chi connectivity index (χ0n) is 9.79. The minimum Gasteiger partial charge on any atom is -0.438 e. The summed E-state index contributed by atoms with van der Waals surface area (Å²) in [5.41, 5.74) is 0. The molecule has 0 aromatic carbocycles. The minimum absolute atomic E-state index is 0.328. The standard InChI is InChI=1S/C9H14FNO7/c1-15-8(13)17-4-6(12)7(5(10)3-11)18-9(14)16-2/h3,5-7,11-12H,4H2,1-2H3/t5-,6-,7+/m1/s1. The van der Waals surface area contributed by atoms with Gasteiger partial charge in [0.2, 0.25) is 0 Å². The van der Waals surface area contributed by atoms with E-state index in [1.807, 2.05) is 0 Å². The molecule has 0 bridgehead atoms. The molecule has 2 N–H and O–H groups in total. The summed E-state index contributed by atoms with van der Waals surface area (Å²) >= 11 is 0. The Labute approximate surface area is 102 Å². The maximum Gasteiger partial charge on any atom is 0.508 e. The molecule has 8 nitrogen and oxygen atoms in total. The van der Waals surface area contributed by atoms with Crippen molar-refractivity contribution in [1.29, 1.82) is 5.41 Å². The quantitative estimate of drug-likeness (QED) is 0.524. The van der Waals surface area contributed by atoms with Crippen molar-refractivity contribution in [3.8, 4) is 0 Å². The molecule has 104 valence electrons. The van der Waals surface area contributed by atoms with Crippen LogP contribution in [0, 0.1) is 5.41 Å². The Hall–Kier alpha value is -1.90. The number of hydrogen-bond donors (Lipinski definition) is 2. The second kappa shape index (κ2) is 8.23. The number of carbonyl (C=O) groups excluding carboxylic acids is 2. The molecule has 0 radical (unpaired) electrons. The van der Waals surface area contributed by atoms with Crippen LogP contribution in [0.4, 0.5) is 14.0 Å². The maximum absolute atomic E-state index is 13.2. The molecule has 0 fully saturated rings. The summed E-state index contributed by atoms with van der Waals surface area (Å²) in [5.74, 6) is 0. The topological polar surface area (TPSA) is 115 Å². The molecule has 0 unspecified atom stereocenters. The number of ether oxygens (including phenoxy) is 4. The molecule has 0 saturated heterocycles. The van der Waals surface area contributed by atoms with Crippen LogP contribution in [-0.2, 0) is 18.9 Å². The highest BCUT2D eigenvalue weighted by Gasteiger charge is 2.32. The number of methoxy groups -OCH3 is 2. The number of aliphatic hydroxyl groups is 1. The predicted octanol–water partition coefficient (Wildman–Crippen LogP) is 0.270. The fraction of sp³-hybridized carbons (Fsp3) is 0.667. The highest BCUT2D eigenvalue weighted by molar-refractivity contribution is 5.64. The van der Waals surface area contributed by atoms with E-state index in [1.54, 1.807) is 0 Å². The molecule has 0 spiro atoms. The van der Waals surface area contributed by atoms with E-state index in [0.29, 0.717) is 6.21 Å². The van der Waals surface area contributed by atoms with Gasteiger partial charge in [-0.25, -0.2) is 14.0 Å². The van der Waals surface area contributed by atoms with Gasteiger partial charge in [0.15, 0.2) is 12.3 Å². The number of rotatable bonds is 6. The Morgan fingerprint density at radius 2 is 1.89 bits per heavy atom. The van der Waals surface area contributed by atoms with Gasteiger partial charge < -0.3 is 29.5 Å². The van der Waals surface area contributed by atoms with Crippen LogP contribution >= 0.6 is 0 Å². The fourth-order valence-corrected chi connectivity index (χ4v) is 0.917. The van der Waals surface area contributed by atoms with Crippen molar-refractivity contribution in [1.82, 2.24) is 0 Å². The first-order chi connectivity index (χ1) is 8.46. The summed E-state index contributed by atoms with van der Waals surface area (Å²) in [5, 5.41) is 16.2. The molecule has 0 amide bonds. The predicted molar refractivity (Wildman–Crippen MR) is 55.3 cm³/mol. The molecule has 0 aliphatic carbocycles. The van der Waals surface area contributed by atoms with Crippen LogP contribution in [-0.4, -0.2) is 62.8 Å². The molecule has 0 aliphatic heterocycles. The molecule has 3 atom stereocenters. The van der Waals surface area contributed by atoms with Gasteiger partial charge in [0.1, 0.15) is 12.7 Å². The monoisotopic (exact) mass is 267 g/mol. The van der Waals surface area contributed by atoms with Gasteiger partial charge in [-0.2, -0.15) is 0 Å². The van der Waals surface area contributed by atoms with Gasteiger partial charge in [-0.1, -0.05) is 0 Å². The molecule has 0 heterocycles. The van der Waals surface area contributed by atoms with Crippen molar-refractivity contribution in [2.75, 3.05) is 20.8 Å². The summed E-state index contributed by atoms with van der Waals surface area (Å²) in [6.07, 6.45) is -7.45. The lowest BCUT2D eigenvalue weighted by Gasteiger charge is -2.22. The normalized spacial score (nSPS) is 14.9. The van der Waals surface area contributed by atoms with E-state index >= 15 is 0 Å². The molecule has 0 saturated carbocycles. The Morgan fingerprint density at radius 1 is 1.33 bits per heavy atom. The number of aliphatic hydroxyl groups excluding tert-OH is 1. The lowest BCUT2D eigenvalue weighted by molar-refractivity contribution is -0.0690. The molecule has 0 aliphatic rings.